The molecular formula is C12H15NO4. The van der Waals surface area contributed by atoms with Crippen LogP contribution in [-0.2, 0) is 20.7 Å². The highest BCUT2D eigenvalue weighted by molar-refractivity contribution is 5.89. The quantitative estimate of drug-likeness (QED) is 0.772. The van der Waals surface area contributed by atoms with E-state index < -0.39 is 18.0 Å². The molecule has 1 rings (SSSR count). The van der Waals surface area contributed by atoms with Gasteiger partial charge in [0.05, 0.1) is 19.8 Å². The first kappa shape index (κ1) is 13.2. The van der Waals surface area contributed by atoms with Crippen LogP contribution in [0.4, 0.5) is 0 Å². The number of benzene rings is 1. The van der Waals surface area contributed by atoms with E-state index in [1.807, 2.05) is 0 Å². The summed E-state index contributed by atoms with van der Waals surface area (Å²) in [6.45, 7) is 0. The van der Waals surface area contributed by atoms with Gasteiger partial charge in [-0.25, -0.2) is 4.79 Å². The minimum Gasteiger partial charge on any atom is -0.468 e. The van der Waals surface area contributed by atoms with Gasteiger partial charge in [0.2, 0.25) is 0 Å². The molecule has 0 saturated carbocycles. The zero-order valence-electron chi connectivity index (χ0n) is 9.80. The molecule has 1 atom stereocenters. The van der Waals surface area contributed by atoms with E-state index in [9.17, 15) is 9.59 Å². The Morgan fingerprint density at radius 3 is 2.24 bits per heavy atom. The molecule has 1 aromatic rings. The smallest absolute Gasteiger partial charge is 0.337 e. The van der Waals surface area contributed by atoms with Gasteiger partial charge in [0.1, 0.15) is 6.04 Å². The molecule has 92 valence electrons. The molecule has 0 spiro atoms. The summed E-state index contributed by atoms with van der Waals surface area (Å²) < 4.78 is 9.10. The monoisotopic (exact) mass is 237 g/mol. The molecule has 1 aromatic carbocycles. The molecule has 0 fully saturated rings. The van der Waals surface area contributed by atoms with Crippen LogP contribution in [0.3, 0.4) is 0 Å². The van der Waals surface area contributed by atoms with Gasteiger partial charge < -0.3 is 15.2 Å². The summed E-state index contributed by atoms with van der Waals surface area (Å²) in [7, 11) is 2.62. The van der Waals surface area contributed by atoms with E-state index in [0.717, 1.165) is 5.56 Å². The van der Waals surface area contributed by atoms with Crippen LogP contribution in [0.5, 0.6) is 0 Å². The molecule has 0 amide bonds. The highest BCUT2D eigenvalue weighted by atomic mass is 16.5. The van der Waals surface area contributed by atoms with Crippen molar-refractivity contribution in [2.45, 2.75) is 12.5 Å². The summed E-state index contributed by atoms with van der Waals surface area (Å²) in [5.41, 5.74) is 6.94. The van der Waals surface area contributed by atoms with Crippen LogP contribution in [-0.4, -0.2) is 32.2 Å². The molecule has 0 heterocycles. The number of esters is 2. The Morgan fingerprint density at radius 2 is 1.76 bits per heavy atom. The van der Waals surface area contributed by atoms with Gasteiger partial charge in [-0.1, -0.05) is 12.1 Å². The van der Waals surface area contributed by atoms with E-state index in [0.29, 0.717) is 12.0 Å². The highest BCUT2D eigenvalue weighted by Crippen LogP contribution is 2.08. The van der Waals surface area contributed by atoms with Crippen LogP contribution >= 0.6 is 0 Å². The van der Waals surface area contributed by atoms with Crippen LogP contribution < -0.4 is 5.73 Å². The molecule has 5 heteroatoms. The first-order valence-corrected chi connectivity index (χ1v) is 5.09. The molecule has 0 aliphatic heterocycles. The van der Waals surface area contributed by atoms with Gasteiger partial charge in [-0.15, -0.1) is 0 Å². The summed E-state index contributed by atoms with van der Waals surface area (Å²) in [6, 6.07) is 6.03. The minimum atomic E-state index is -0.691. The summed E-state index contributed by atoms with van der Waals surface area (Å²) in [4.78, 5) is 22.3. The lowest BCUT2D eigenvalue weighted by atomic mass is 10.0. The molecule has 0 saturated heterocycles. The zero-order valence-corrected chi connectivity index (χ0v) is 9.80. The zero-order chi connectivity index (χ0) is 12.8. The first-order chi connectivity index (χ1) is 8.08. The third-order valence-corrected chi connectivity index (χ3v) is 2.33. The second-order valence-corrected chi connectivity index (χ2v) is 3.52. The van der Waals surface area contributed by atoms with E-state index in [1.54, 1.807) is 24.3 Å². The van der Waals surface area contributed by atoms with Crippen LogP contribution in [0.2, 0.25) is 0 Å². The van der Waals surface area contributed by atoms with Crippen molar-refractivity contribution in [3.05, 3.63) is 35.4 Å². The largest absolute Gasteiger partial charge is 0.468 e. The number of nitrogens with two attached hydrogens (primary N) is 1. The van der Waals surface area contributed by atoms with E-state index in [1.165, 1.54) is 14.2 Å². The van der Waals surface area contributed by atoms with Crippen LogP contribution in [0.25, 0.3) is 0 Å². The Bertz CT molecular complexity index is 399. The second kappa shape index (κ2) is 6.00. The number of ether oxygens (including phenoxy) is 2. The number of rotatable bonds is 4. The average Bonchev–Trinajstić information content (AvgIpc) is 2.37. The van der Waals surface area contributed by atoms with E-state index >= 15 is 0 Å². The van der Waals surface area contributed by atoms with Crippen molar-refractivity contribution in [2.75, 3.05) is 14.2 Å². The maximum Gasteiger partial charge on any atom is 0.337 e. The molecule has 0 radical (unpaired) electrons. The number of carbonyl (C=O) groups is 2. The molecule has 17 heavy (non-hydrogen) atoms. The van der Waals surface area contributed by atoms with Gasteiger partial charge in [-0.05, 0) is 24.1 Å². The molecule has 2 N–H and O–H groups in total. The molecular weight excluding hydrogens is 222 g/mol. The Balaban J connectivity index is 2.68. The van der Waals surface area contributed by atoms with Gasteiger partial charge in [-0.3, -0.25) is 4.79 Å². The van der Waals surface area contributed by atoms with Crippen molar-refractivity contribution in [1.82, 2.24) is 0 Å². The third kappa shape index (κ3) is 3.57. The SMILES string of the molecule is COC(=O)c1ccc(CC(N)C(=O)OC)cc1. The van der Waals surface area contributed by atoms with Gasteiger partial charge in [0.25, 0.3) is 0 Å². The summed E-state index contributed by atoms with van der Waals surface area (Å²) in [5.74, 6) is -0.851. The molecule has 1 unspecified atom stereocenters. The van der Waals surface area contributed by atoms with E-state index in [4.69, 9.17) is 5.73 Å². The number of hydrogen-bond donors (Lipinski definition) is 1. The predicted molar refractivity (Wildman–Crippen MR) is 61.5 cm³/mol. The van der Waals surface area contributed by atoms with Crippen molar-refractivity contribution in [3.8, 4) is 0 Å². The normalized spacial score (nSPS) is 11.7. The molecule has 0 aromatic heterocycles. The van der Waals surface area contributed by atoms with Crippen LogP contribution in [0.1, 0.15) is 15.9 Å². The van der Waals surface area contributed by atoms with Gasteiger partial charge in [0, 0.05) is 0 Å². The minimum absolute atomic E-state index is 0.369. The Hall–Kier alpha value is -1.88. The van der Waals surface area contributed by atoms with Gasteiger partial charge >= 0.3 is 11.9 Å². The lowest BCUT2D eigenvalue weighted by molar-refractivity contribution is -0.142. The van der Waals surface area contributed by atoms with Crippen molar-refractivity contribution in [1.29, 1.82) is 0 Å². The lowest BCUT2D eigenvalue weighted by Crippen LogP contribution is -2.33. The summed E-state index contributed by atoms with van der Waals surface area (Å²) >= 11 is 0. The van der Waals surface area contributed by atoms with E-state index in [2.05, 4.69) is 9.47 Å². The topological polar surface area (TPSA) is 78.6 Å². The fraction of sp³-hybridized carbons (Fsp3) is 0.333. The molecule has 5 nitrogen and oxygen atoms in total. The Labute approximate surface area is 99.5 Å². The molecule has 0 aliphatic rings. The summed E-state index contributed by atoms with van der Waals surface area (Å²) in [6.07, 6.45) is 0.369. The molecule has 0 bridgehead atoms. The van der Waals surface area contributed by atoms with Crippen molar-refractivity contribution in [3.63, 3.8) is 0 Å². The maximum atomic E-state index is 11.2. The fourth-order valence-corrected chi connectivity index (χ4v) is 1.38. The standard InChI is InChI=1S/C12H15NO4/c1-16-11(14)9-5-3-8(4-6-9)7-10(13)12(15)17-2/h3-6,10H,7,13H2,1-2H3. The summed E-state index contributed by atoms with van der Waals surface area (Å²) in [5, 5.41) is 0. The predicted octanol–water partition coefficient (Wildman–Crippen LogP) is 0.516. The average molecular weight is 237 g/mol. The second-order valence-electron chi connectivity index (χ2n) is 3.52. The fourth-order valence-electron chi connectivity index (χ4n) is 1.38. The highest BCUT2D eigenvalue weighted by Gasteiger charge is 2.14. The van der Waals surface area contributed by atoms with Gasteiger partial charge in [-0.2, -0.15) is 0 Å². The lowest BCUT2D eigenvalue weighted by Gasteiger charge is -2.09. The molecule has 0 aliphatic carbocycles. The number of carbonyl (C=O) groups excluding carboxylic acids is 2. The van der Waals surface area contributed by atoms with Crippen LogP contribution in [0, 0.1) is 0 Å². The van der Waals surface area contributed by atoms with Crippen molar-refractivity contribution in [2.24, 2.45) is 5.73 Å². The maximum absolute atomic E-state index is 11.2. The van der Waals surface area contributed by atoms with E-state index in [-0.39, 0.29) is 0 Å². The first-order valence-electron chi connectivity index (χ1n) is 5.09. The Kier molecular flexibility index (Phi) is 4.66. The third-order valence-electron chi connectivity index (χ3n) is 2.33. The van der Waals surface area contributed by atoms with Crippen molar-refractivity contribution < 1.29 is 19.1 Å². The number of methoxy groups -OCH3 is 2. The van der Waals surface area contributed by atoms with Crippen molar-refractivity contribution >= 4 is 11.9 Å². The van der Waals surface area contributed by atoms with Crippen LogP contribution in [0.15, 0.2) is 24.3 Å². The Morgan fingerprint density at radius 1 is 1.18 bits per heavy atom. The number of hydrogen-bond acceptors (Lipinski definition) is 5. The van der Waals surface area contributed by atoms with Gasteiger partial charge in [0.15, 0.2) is 0 Å².